The van der Waals surface area contributed by atoms with E-state index in [0.29, 0.717) is 37.9 Å². The monoisotopic (exact) mass is 436 g/mol. The van der Waals surface area contributed by atoms with E-state index in [9.17, 15) is 5.11 Å². The van der Waals surface area contributed by atoms with Crippen molar-refractivity contribution in [2.24, 2.45) is 10.8 Å². The van der Waals surface area contributed by atoms with Crippen molar-refractivity contribution in [2.75, 3.05) is 79.3 Å². The Balaban J connectivity index is 0.000000269. The van der Waals surface area contributed by atoms with E-state index in [-0.39, 0.29) is 12.0 Å². The van der Waals surface area contributed by atoms with E-state index in [1.54, 1.807) is 6.92 Å². The van der Waals surface area contributed by atoms with E-state index in [1.165, 1.54) is 0 Å². The zero-order chi connectivity index (χ0) is 22.3. The highest BCUT2D eigenvalue weighted by molar-refractivity contribution is 4.85. The number of rotatable bonds is 13. The van der Waals surface area contributed by atoms with Crippen LogP contribution in [0.1, 0.15) is 40.5 Å². The van der Waals surface area contributed by atoms with Crippen LogP contribution in [0.5, 0.6) is 0 Å². The van der Waals surface area contributed by atoms with Gasteiger partial charge in [-0.15, -0.1) is 0 Å². The molecule has 2 unspecified atom stereocenters. The molecule has 30 heavy (non-hydrogen) atoms. The molecule has 0 aromatic rings. The highest BCUT2D eigenvalue weighted by atomic mass is 16.6. The molecule has 0 radical (unpaired) electrons. The Morgan fingerprint density at radius 1 is 0.867 bits per heavy atom. The Morgan fingerprint density at radius 3 is 1.70 bits per heavy atom. The van der Waals surface area contributed by atoms with Gasteiger partial charge < -0.3 is 38.6 Å². The molecule has 0 spiro atoms. The molecule has 0 aliphatic carbocycles. The molecule has 3 heterocycles. The third kappa shape index (κ3) is 10.8. The van der Waals surface area contributed by atoms with Crippen molar-refractivity contribution in [3.8, 4) is 0 Å². The van der Waals surface area contributed by atoms with E-state index in [2.05, 4.69) is 13.8 Å². The molecule has 0 aromatic carbocycles. The summed E-state index contributed by atoms with van der Waals surface area (Å²) in [5.41, 5.74) is 0.528. The minimum Gasteiger partial charge on any atom is -0.397 e. The Morgan fingerprint density at radius 2 is 1.33 bits per heavy atom. The standard InChI is InChI=1S/C11H22O4.C9H16O3.C2H6O/c1-3-11(8-15-9-11)7-14-6-10(12)5-13-4-2;1-2-9(6-11-7-9)5-10-3-8-4-12-8;1-2-3/h10,12H,3-9H2,1-2H3;8H,2-7H2,1H3;3H,2H2,1H3. The molecule has 0 saturated carbocycles. The summed E-state index contributed by atoms with van der Waals surface area (Å²) in [5, 5.41) is 17.0. The maximum Gasteiger partial charge on any atom is 0.104 e. The van der Waals surface area contributed by atoms with Gasteiger partial charge in [-0.25, -0.2) is 0 Å². The van der Waals surface area contributed by atoms with Crippen molar-refractivity contribution in [1.82, 2.24) is 0 Å². The Hall–Kier alpha value is -0.320. The zero-order valence-electron chi connectivity index (χ0n) is 19.4. The first-order valence-corrected chi connectivity index (χ1v) is 11.3. The van der Waals surface area contributed by atoms with E-state index >= 15 is 0 Å². The number of hydrogen-bond donors (Lipinski definition) is 2. The summed E-state index contributed by atoms with van der Waals surface area (Å²) in [5.74, 6) is 0. The van der Waals surface area contributed by atoms with Crippen LogP contribution >= 0.6 is 0 Å². The molecule has 3 aliphatic heterocycles. The Labute approximate surface area is 182 Å². The number of epoxide rings is 1. The predicted octanol–water partition coefficient (Wildman–Crippen LogP) is 1.65. The first-order valence-electron chi connectivity index (χ1n) is 11.3. The third-order valence-electron chi connectivity index (χ3n) is 5.48. The minimum atomic E-state index is -0.514. The van der Waals surface area contributed by atoms with Crippen LogP contribution in [0.25, 0.3) is 0 Å². The van der Waals surface area contributed by atoms with Crippen molar-refractivity contribution in [3.05, 3.63) is 0 Å². The molecule has 2 N–H and O–H groups in total. The average Bonchev–Trinajstić information content (AvgIpc) is 3.50. The summed E-state index contributed by atoms with van der Waals surface area (Å²) < 4.78 is 31.5. The molecular formula is C22H44O8. The lowest BCUT2D eigenvalue weighted by atomic mass is 9.84. The molecular weight excluding hydrogens is 392 g/mol. The van der Waals surface area contributed by atoms with Gasteiger partial charge in [0.05, 0.1) is 66.1 Å². The molecule has 0 amide bonds. The number of ether oxygens (including phenoxy) is 6. The van der Waals surface area contributed by atoms with E-state index in [1.807, 2.05) is 6.92 Å². The second kappa shape index (κ2) is 15.5. The van der Waals surface area contributed by atoms with Gasteiger partial charge >= 0.3 is 0 Å². The molecule has 8 heteroatoms. The van der Waals surface area contributed by atoms with Crippen LogP contribution in [0.3, 0.4) is 0 Å². The molecule has 0 aromatic heterocycles. The van der Waals surface area contributed by atoms with Gasteiger partial charge in [-0.05, 0) is 26.7 Å². The van der Waals surface area contributed by atoms with Crippen LogP contribution in [-0.4, -0.2) is 102 Å². The third-order valence-corrected chi connectivity index (χ3v) is 5.48. The zero-order valence-corrected chi connectivity index (χ0v) is 19.4. The van der Waals surface area contributed by atoms with Gasteiger partial charge in [0.2, 0.25) is 0 Å². The molecule has 3 saturated heterocycles. The fourth-order valence-corrected chi connectivity index (χ4v) is 2.85. The second-order valence-corrected chi connectivity index (χ2v) is 8.31. The van der Waals surface area contributed by atoms with Crippen LogP contribution in [0.15, 0.2) is 0 Å². The van der Waals surface area contributed by atoms with Crippen molar-refractivity contribution < 1.29 is 38.6 Å². The minimum absolute atomic E-state index is 0.200. The first kappa shape index (κ1) is 27.7. The van der Waals surface area contributed by atoms with Crippen molar-refractivity contribution >= 4 is 0 Å². The van der Waals surface area contributed by atoms with Crippen LogP contribution in [0.2, 0.25) is 0 Å². The van der Waals surface area contributed by atoms with Crippen LogP contribution in [0, 0.1) is 10.8 Å². The molecule has 2 atom stereocenters. The lowest BCUT2D eigenvalue weighted by Gasteiger charge is -2.40. The predicted molar refractivity (Wildman–Crippen MR) is 114 cm³/mol. The van der Waals surface area contributed by atoms with Gasteiger partial charge in [0, 0.05) is 24.0 Å². The van der Waals surface area contributed by atoms with Gasteiger partial charge in [-0.3, -0.25) is 0 Å². The molecule has 180 valence electrons. The van der Waals surface area contributed by atoms with E-state index < -0.39 is 6.10 Å². The van der Waals surface area contributed by atoms with E-state index in [0.717, 1.165) is 59.1 Å². The second-order valence-electron chi connectivity index (χ2n) is 8.31. The topological polar surface area (TPSA) is 99.1 Å². The maximum absolute atomic E-state index is 9.46. The highest BCUT2D eigenvalue weighted by Gasteiger charge is 2.38. The normalized spacial score (nSPS) is 23.6. The SMILES string of the molecule is CCC1(COCC2CO2)COC1.CCO.CCOCC(O)COCC1(CC)COC1. The molecule has 3 fully saturated rings. The molecule has 3 rings (SSSR count). The first-order chi connectivity index (χ1) is 14.5. The molecule has 0 bridgehead atoms. The van der Waals surface area contributed by atoms with Gasteiger partial charge in [0.25, 0.3) is 0 Å². The van der Waals surface area contributed by atoms with Crippen molar-refractivity contribution in [2.45, 2.75) is 52.7 Å². The number of aliphatic hydroxyl groups excluding tert-OH is 2. The summed E-state index contributed by atoms with van der Waals surface area (Å²) in [6.07, 6.45) is 2.09. The summed E-state index contributed by atoms with van der Waals surface area (Å²) >= 11 is 0. The lowest BCUT2D eigenvalue weighted by Crippen LogP contribution is -2.46. The van der Waals surface area contributed by atoms with Gasteiger partial charge in [0.1, 0.15) is 12.2 Å². The lowest BCUT2D eigenvalue weighted by molar-refractivity contribution is -0.157. The van der Waals surface area contributed by atoms with E-state index in [4.69, 9.17) is 33.5 Å². The largest absolute Gasteiger partial charge is 0.397 e. The summed E-state index contributed by atoms with van der Waals surface area (Å²) in [4.78, 5) is 0. The maximum atomic E-state index is 9.46. The number of hydrogen-bond acceptors (Lipinski definition) is 8. The van der Waals surface area contributed by atoms with Crippen molar-refractivity contribution in [1.29, 1.82) is 0 Å². The Bertz CT molecular complexity index is 397. The van der Waals surface area contributed by atoms with Gasteiger partial charge in [-0.2, -0.15) is 0 Å². The number of aliphatic hydroxyl groups is 2. The summed E-state index contributed by atoms with van der Waals surface area (Å²) in [6, 6.07) is 0. The van der Waals surface area contributed by atoms with Crippen LogP contribution in [-0.2, 0) is 28.4 Å². The molecule has 3 aliphatic rings. The average molecular weight is 437 g/mol. The van der Waals surface area contributed by atoms with Gasteiger partial charge in [-0.1, -0.05) is 13.8 Å². The summed E-state index contributed by atoms with van der Waals surface area (Å²) in [7, 11) is 0. The Kier molecular flexibility index (Phi) is 14.3. The fourth-order valence-electron chi connectivity index (χ4n) is 2.85. The fraction of sp³-hybridized carbons (Fsp3) is 1.00. The highest BCUT2D eigenvalue weighted by Crippen LogP contribution is 2.32. The quantitative estimate of drug-likeness (QED) is 0.421. The molecule has 8 nitrogen and oxygen atoms in total. The van der Waals surface area contributed by atoms with Crippen LogP contribution < -0.4 is 0 Å². The summed E-state index contributed by atoms with van der Waals surface area (Å²) in [6.45, 7) is 16.0. The smallest absolute Gasteiger partial charge is 0.104 e. The van der Waals surface area contributed by atoms with Crippen molar-refractivity contribution in [3.63, 3.8) is 0 Å². The van der Waals surface area contributed by atoms with Gasteiger partial charge in [0.15, 0.2) is 0 Å². The van der Waals surface area contributed by atoms with Crippen LogP contribution in [0.4, 0.5) is 0 Å².